The Hall–Kier alpha value is -1.94. The fourth-order valence-electron chi connectivity index (χ4n) is 2.57. The van der Waals surface area contributed by atoms with Crippen LogP contribution in [0.1, 0.15) is 35.9 Å². The summed E-state index contributed by atoms with van der Waals surface area (Å²) in [4.78, 5) is 0. The van der Waals surface area contributed by atoms with Gasteiger partial charge in [0.2, 0.25) is 0 Å². The second kappa shape index (κ2) is 4.63. The SMILES string of the molecule is C=C1CC[C@@H](O)c2[nH]n(Cc3ccc(OC)cc3)c21. The smallest absolute Gasteiger partial charge is 0.118 e. The molecule has 1 atom stereocenters. The van der Waals surface area contributed by atoms with E-state index in [-0.39, 0.29) is 6.10 Å². The van der Waals surface area contributed by atoms with Gasteiger partial charge in [0.1, 0.15) is 5.75 Å². The van der Waals surface area contributed by atoms with E-state index >= 15 is 0 Å². The third-order valence-corrected chi connectivity index (χ3v) is 3.67. The summed E-state index contributed by atoms with van der Waals surface area (Å²) in [6, 6.07) is 7.99. The first kappa shape index (κ1) is 12.1. The fraction of sp³-hybridized carbons (Fsp3) is 0.333. The Balaban J connectivity index is 1.81. The molecule has 0 amide bonds. The van der Waals surface area contributed by atoms with Crippen molar-refractivity contribution in [2.24, 2.45) is 0 Å². The Morgan fingerprint density at radius 1 is 1.42 bits per heavy atom. The number of hydrogen-bond donors (Lipinski definition) is 2. The Morgan fingerprint density at radius 2 is 2.16 bits per heavy atom. The number of rotatable bonds is 3. The summed E-state index contributed by atoms with van der Waals surface area (Å²) in [6.07, 6.45) is 1.26. The number of nitrogens with one attached hydrogen (secondary N) is 1. The van der Waals surface area contributed by atoms with Crippen molar-refractivity contribution in [1.29, 1.82) is 0 Å². The van der Waals surface area contributed by atoms with Gasteiger partial charge < -0.3 is 9.84 Å². The summed E-state index contributed by atoms with van der Waals surface area (Å²) < 4.78 is 7.19. The summed E-state index contributed by atoms with van der Waals surface area (Å²) in [6.45, 7) is 4.84. The molecule has 1 heterocycles. The molecule has 1 aliphatic carbocycles. The minimum Gasteiger partial charge on any atom is -0.497 e. The molecule has 1 aromatic heterocycles. The fourth-order valence-corrected chi connectivity index (χ4v) is 2.57. The van der Waals surface area contributed by atoms with Crippen molar-refractivity contribution in [3.8, 4) is 5.75 Å². The van der Waals surface area contributed by atoms with E-state index in [1.54, 1.807) is 7.11 Å². The molecular formula is C15H18N2O2. The number of benzene rings is 1. The predicted octanol–water partition coefficient (Wildman–Crippen LogP) is 2.71. The maximum atomic E-state index is 9.86. The van der Waals surface area contributed by atoms with Gasteiger partial charge in [-0.15, -0.1) is 0 Å². The van der Waals surface area contributed by atoms with Crippen molar-refractivity contribution in [3.05, 3.63) is 47.8 Å². The van der Waals surface area contributed by atoms with E-state index in [0.29, 0.717) is 0 Å². The van der Waals surface area contributed by atoms with Crippen molar-refractivity contribution in [3.63, 3.8) is 0 Å². The molecule has 100 valence electrons. The highest BCUT2D eigenvalue weighted by atomic mass is 16.5. The van der Waals surface area contributed by atoms with Crippen molar-refractivity contribution in [1.82, 2.24) is 9.78 Å². The van der Waals surface area contributed by atoms with Crippen molar-refractivity contribution >= 4 is 5.57 Å². The molecule has 2 N–H and O–H groups in total. The van der Waals surface area contributed by atoms with Crippen LogP contribution in [0.25, 0.3) is 5.57 Å². The molecule has 1 aromatic carbocycles. The van der Waals surface area contributed by atoms with Gasteiger partial charge in [-0.2, -0.15) is 0 Å². The molecule has 0 aliphatic heterocycles. The molecule has 3 rings (SSSR count). The lowest BCUT2D eigenvalue weighted by Gasteiger charge is -2.31. The minimum absolute atomic E-state index is 0.368. The summed E-state index contributed by atoms with van der Waals surface area (Å²) in [7, 11) is 1.66. The topological polar surface area (TPSA) is 50.2 Å². The van der Waals surface area contributed by atoms with Crippen LogP contribution >= 0.6 is 0 Å². The molecule has 0 unspecified atom stereocenters. The lowest BCUT2D eigenvalue weighted by atomic mass is 9.92. The molecule has 0 saturated carbocycles. The molecule has 2 aromatic rings. The zero-order valence-corrected chi connectivity index (χ0v) is 11.0. The van der Waals surface area contributed by atoms with Crippen LogP contribution in [0, 0.1) is 0 Å². The lowest BCUT2D eigenvalue weighted by molar-refractivity contribution is 0.150. The third-order valence-electron chi connectivity index (χ3n) is 3.67. The standard InChI is InChI=1S/C15H18N2O2/c1-10-3-8-13(18)14-15(10)17(16-14)9-11-4-6-12(19-2)7-5-11/h4-7,13,16,18H,1,3,8-9H2,2H3/t13-/m1/s1. The molecule has 0 bridgehead atoms. The highest BCUT2D eigenvalue weighted by Crippen LogP contribution is 2.36. The first-order valence-electron chi connectivity index (χ1n) is 6.46. The Bertz CT molecular complexity index is 592. The number of aliphatic hydroxyl groups is 1. The number of hydrogen-bond acceptors (Lipinski definition) is 2. The molecule has 19 heavy (non-hydrogen) atoms. The largest absolute Gasteiger partial charge is 0.497 e. The third kappa shape index (κ3) is 2.08. The van der Waals surface area contributed by atoms with Crippen molar-refractivity contribution in [2.45, 2.75) is 25.5 Å². The van der Waals surface area contributed by atoms with Crippen molar-refractivity contribution in [2.75, 3.05) is 7.11 Å². The zero-order chi connectivity index (χ0) is 13.4. The van der Waals surface area contributed by atoms with Gasteiger partial charge in [-0.25, -0.2) is 0 Å². The molecule has 4 nitrogen and oxygen atoms in total. The van der Waals surface area contributed by atoms with Crippen LogP contribution in [0.15, 0.2) is 30.8 Å². The van der Waals surface area contributed by atoms with E-state index in [1.807, 2.05) is 28.9 Å². The Kier molecular flexibility index (Phi) is 2.95. The second-order valence-corrected chi connectivity index (χ2v) is 4.97. The first-order chi connectivity index (χ1) is 9.19. The average Bonchev–Trinajstić information content (AvgIpc) is 2.40. The Morgan fingerprint density at radius 3 is 2.84 bits per heavy atom. The quantitative estimate of drug-likeness (QED) is 0.889. The minimum atomic E-state index is -0.368. The van der Waals surface area contributed by atoms with E-state index in [2.05, 4.69) is 11.7 Å². The van der Waals surface area contributed by atoms with Gasteiger partial charge in [-0.3, -0.25) is 9.78 Å². The summed E-state index contributed by atoms with van der Waals surface area (Å²) in [5, 5.41) is 13.1. The van der Waals surface area contributed by atoms with Crippen LogP contribution in [0.3, 0.4) is 0 Å². The van der Waals surface area contributed by atoms with E-state index in [4.69, 9.17) is 4.74 Å². The zero-order valence-electron chi connectivity index (χ0n) is 11.0. The monoisotopic (exact) mass is 258 g/mol. The maximum absolute atomic E-state index is 9.86. The van der Waals surface area contributed by atoms with Crippen molar-refractivity contribution < 1.29 is 9.84 Å². The Labute approximate surface area is 112 Å². The molecule has 1 aliphatic rings. The molecule has 4 heteroatoms. The summed E-state index contributed by atoms with van der Waals surface area (Å²) in [5.41, 5.74) is 4.29. The number of H-pyrrole nitrogens is 1. The molecule has 0 fully saturated rings. The number of fused-ring (bicyclic) bond motifs is 1. The van der Waals surface area contributed by atoms with E-state index < -0.39 is 0 Å². The summed E-state index contributed by atoms with van der Waals surface area (Å²) >= 11 is 0. The number of methoxy groups -OCH3 is 1. The number of aromatic amines is 1. The van der Waals surface area contributed by atoms with Gasteiger partial charge in [0.25, 0.3) is 0 Å². The van der Waals surface area contributed by atoms with Gasteiger partial charge in [-0.05, 0) is 36.1 Å². The molecule has 0 radical (unpaired) electrons. The summed E-state index contributed by atoms with van der Waals surface area (Å²) in [5.74, 6) is 0.859. The molecule has 0 saturated heterocycles. The van der Waals surface area contributed by atoms with Gasteiger partial charge in [0, 0.05) is 0 Å². The number of nitrogens with zero attached hydrogens (tertiary/aromatic N) is 1. The van der Waals surface area contributed by atoms with Crippen LogP contribution < -0.4 is 4.74 Å². The van der Waals surface area contributed by atoms with Gasteiger partial charge in [0.15, 0.2) is 0 Å². The van der Waals surface area contributed by atoms with Crippen LogP contribution in [0.2, 0.25) is 0 Å². The number of ether oxygens (including phenoxy) is 1. The molecule has 0 spiro atoms. The van der Waals surface area contributed by atoms with Crippen LogP contribution in [-0.4, -0.2) is 22.0 Å². The van der Waals surface area contributed by atoms with Gasteiger partial charge >= 0.3 is 0 Å². The lowest BCUT2D eigenvalue weighted by Crippen LogP contribution is -2.26. The number of allylic oxidation sites excluding steroid dienone is 1. The van der Waals surface area contributed by atoms with Crippen LogP contribution in [0.4, 0.5) is 0 Å². The van der Waals surface area contributed by atoms with Crippen LogP contribution in [0.5, 0.6) is 5.75 Å². The average molecular weight is 258 g/mol. The highest BCUT2D eigenvalue weighted by molar-refractivity contribution is 5.65. The second-order valence-electron chi connectivity index (χ2n) is 4.97. The number of aliphatic hydroxyl groups excluding tert-OH is 1. The van der Waals surface area contributed by atoms with Gasteiger partial charge in [-0.1, -0.05) is 18.7 Å². The number of aromatic nitrogens is 2. The maximum Gasteiger partial charge on any atom is 0.118 e. The highest BCUT2D eigenvalue weighted by Gasteiger charge is 2.27. The van der Waals surface area contributed by atoms with E-state index in [9.17, 15) is 5.11 Å². The predicted molar refractivity (Wildman–Crippen MR) is 74.1 cm³/mol. The van der Waals surface area contributed by atoms with E-state index in [0.717, 1.165) is 42.1 Å². The van der Waals surface area contributed by atoms with E-state index in [1.165, 1.54) is 5.56 Å². The van der Waals surface area contributed by atoms with Crippen LogP contribution in [-0.2, 0) is 6.54 Å². The molecular weight excluding hydrogens is 240 g/mol. The van der Waals surface area contributed by atoms with Gasteiger partial charge in [0.05, 0.1) is 31.1 Å². The normalized spacial score (nSPS) is 18.4. The first-order valence-corrected chi connectivity index (χ1v) is 6.46.